The van der Waals surface area contributed by atoms with Crippen LogP contribution in [-0.2, 0) is 4.84 Å². The molecule has 0 saturated heterocycles. The Hall–Kier alpha value is -4.13. The van der Waals surface area contributed by atoms with Crippen LogP contribution in [0.2, 0.25) is 0 Å². The molecule has 172 valence electrons. The number of nitrogens with zero attached hydrogens (tertiary/aromatic N) is 2. The van der Waals surface area contributed by atoms with Crippen molar-refractivity contribution in [3.05, 3.63) is 100 Å². The number of ketones is 1. The lowest BCUT2D eigenvalue weighted by atomic mass is 9.83. The minimum atomic E-state index is -0.602. The molecule has 34 heavy (non-hydrogen) atoms. The van der Waals surface area contributed by atoms with E-state index < -0.39 is 10.9 Å². The van der Waals surface area contributed by atoms with E-state index in [4.69, 9.17) is 4.84 Å². The number of hydrogen-bond donors (Lipinski definition) is 0. The predicted molar refractivity (Wildman–Crippen MR) is 129 cm³/mol. The number of nitro groups is 1. The van der Waals surface area contributed by atoms with Crippen LogP contribution in [-0.4, -0.2) is 22.4 Å². The number of hydrogen-bond acceptors (Lipinski definition) is 6. The van der Waals surface area contributed by atoms with E-state index in [-0.39, 0.29) is 23.1 Å². The molecule has 0 N–H and O–H groups in total. The maximum Gasteiger partial charge on any atom is 0.365 e. The second-order valence-corrected chi connectivity index (χ2v) is 8.27. The summed E-state index contributed by atoms with van der Waals surface area (Å²) >= 11 is 0. The second kappa shape index (κ2) is 10.7. The summed E-state index contributed by atoms with van der Waals surface area (Å²) in [5.74, 6) is -0.919. The van der Waals surface area contributed by atoms with Crippen molar-refractivity contribution in [2.45, 2.75) is 32.1 Å². The van der Waals surface area contributed by atoms with Gasteiger partial charge in [0.15, 0.2) is 0 Å². The van der Waals surface area contributed by atoms with Crippen molar-refractivity contribution in [2.24, 2.45) is 11.1 Å². The molecule has 0 spiro atoms. The summed E-state index contributed by atoms with van der Waals surface area (Å²) < 4.78 is 0. The molecule has 0 bridgehead atoms. The van der Waals surface area contributed by atoms with Gasteiger partial charge in [-0.2, -0.15) is 0 Å². The lowest BCUT2D eigenvalue weighted by Crippen LogP contribution is -2.27. The van der Waals surface area contributed by atoms with E-state index in [0.29, 0.717) is 11.1 Å². The van der Waals surface area contributed by atoms with Crippen molar-refractivity contribution in [1.29, 1.82) is 0 Å². The third-order valence-corrected chi connectivity index (χ3v) is 6.02. The number of rotatable bonds is 7. The van der Waals surface area contributed by atoms with Crippen molar-refractivity contribution in [1.82, 2.24) is 0 Å². The Labute approximate surface area is 197 Å². The summed E-state index contributed by atoms with van der Waals surface area (Å²) in [6.07, 6.45) is 4.78. The minimum absolute atomic E-state index is 0.0222. The highest BCUT2D eigenvalue weighted by Gasteiger charge is 2.27. The monoisotopic (exact) mass is 456 g/mol. The predicted octanol–water partition coefficient (Wildman–Crippen LogP) is 6.24. The molecule has 3 aromatic rings. The zero-order valence-electron chi connectivity index (χ0n) is 18.6. The quantitative estimate of drug-likeness (QED) is 0.138. The van der Waals surface area contributed by atoms with E-state index in [9.17, 15) is 19.7 Å². The van der Waals surface area contributed by atoms with E-state index in [1.807, 2.05) is 0 Å². The van der Waals surface area contributed by atoms with Crippen molar-refractivity contribution >= 4 is 23.2 Å². The van der Waals surface area contributed by atoms with Gasteiger partial charge < -0.3 is 4.84 Å². The molecule has 0 atom stereocenters. The Kier molecular flexibility index (Phi) is 7.22. The van der Waals surface area contributed by atoms with Gasteiger partial charge in [0.05, 0.1) is 10.5 Å². The standard InChI is InChI=1S/C27H24N2O5/c30-26(22-13-11-19(12-14-22)20-15-17-24(18-16-20)29(32)33)25(21-7-3-1-4-8-21)28-34-27(31)23-9-5-2-6-10-23/h2,5-6,9-18,21H,1,3-4,7-8H2/b28-25-. The van der Waals surface area contributed by atoms with Crippen LogP contribution >= 0.6 is 0 Å². The second-order valence-electron chi connectivity index (χ2n) is 8.27. The average Bonchev–Trinajstić information content (AvgIpc) is 2.90. The number of carbonyl (C=O) groups excluding carboxylic acids is 2. The fourth-order valence-electron chi connectivity index (χ4n) is 4.13. The molecule has 7 heteroatoms. The van der Waals surface area contributed by atoms with Gasteiger partial charge >= 0.3 is 5.97 Å². The lowest BCUT2D eigenvalue weighted by Gasteiger charge is -2.22. The van der Waals surface area contributed by atoms with Crippen LogP contribution in [0.5, 0.6) is 0 Å². The molecule has 4 rings (SSSR count). The molecule has 1 aliphatic carbocycles. The molecule has 3 aromatic carbocycles. The van der Waals surface area contributed by atoms with Crippen molar-refractivity contribution in [3.63, 3.8) is 0 Å². The Balaban J connectivity index is 1.55. The van der Waals surface area contributed by atoms with Gasteiger partial charge in [0.1, 0.15) is 5.71 Å². The van der Waals surface area contributed by atoms with E-state index in [0.717, 1.165) is 43.2 Å². The molecular weight excluding hydrogens is 432 g/mol. The number of non-ortho nitro benzene ring substituents is 1. The van der Waals surface area contributed by atoms with E-state index in [1.54, 1.807) is 66.7 Å². The molecule has 0 unspecified atom stereocenters. The summed E-state index contributed by atoms with van der Waals surface area (Å²) in [6.45, 7) is 0. The van der Waals surface area contributed by atoms with E-state index in [1.165, 1.54) is 12.1 Å². The topological polar surface area (TPSA) is 98.9 Å². The maximum absolute atomic E-state index is 13.4. The summed E-state index contributed by atoms with van der Waals surface area (Å²) in [4.78, 5) is 41.3. The maximum atomic E-state index is 13.4. The molecule has 0 radical (unpaired) electrons. The van der Waals surface area contributed by atoms with Crippen LogP contribution in [0.3, 0.4) is 0 Å². The third kappa shape index (κ3) is 5.43. The van der Waals surface area contributed by atoms with Crippen LogP contribution in [0.1, 0.15) is 52.8 Å². The van der Waals surface area contributed by atoms with Gasteiger partial charge in [-0.05, 0) is 48.2 Å². The zero-order valence-corrected chi connectivity index (χ0v) is 18.6. The Bertz CT molecular complexity index is 1200. The van der Waals surface area contributed by atoms with Gasteiger partial charge in [-0.1, -0.05) is 66.9 Å². The van der Waals surface area contributed by atoms with Gasteiger partial charge in [0.2, 0.25) is 5.78 Å². The first-order chi connectivity index (χ1) is 16.5. The molecule has 0 heterocycles. The van der Waals surface area contributed by atoms with Gasteiger partial charge in [0, 0.05) is 23.6 Å². The van der Waals surface area contributed by atoms with Gasteiger partial charge in [-0.25, -0.2) is 4.79 Å². The molecule has 0 amide bonds. The van der Waals surface area contributed by atoms with Crippen molar-refractivity contribution < 1.29 is 19.3 Å². The van der Waals surface area contributed by atoms with Crippen molar-refractivity contribution in [3.8, 4) is 11.1 Å². The van der Waals surface area contributed by atoms with Gasteiger partial charge in [-0.3, -0.25) is 14.9 Å². The fraction of sp³-hybridized carbons (Fsp3) is 0.222. The highest BCUT2D eigenvalue weighted by Crippen LogP contribution is 2.28. The molecule has 1 saturated carbocycles. The normalized spacial score (nSPS) is 14.4. The summed E-state index contributed by atoms with van der Waals surface area (Å²) in [6, 6.07) is 21.8. The molecule has 1 fully saturated rings. The first kappa shape index (κ1) is 23.0. The third-order valence-electron chi connectivity index (χ3n) is 6.02. The Morgan fingerprint density at radius 2 is 1.38 bits per heavy atom. The van der Waals surface area contributed by atoms with Gasteiger partial charge in [0.25, 0.3) is 5.69 Å². The molecular formula is C27H24N2O5. The first-order valence-electron chi connectivity index (χ1n) is 11.3. The number of Topliss-reactive ketones (excluding diaryl/α,β-unsaturated/α-hetero) is 1. The van der Waals surface area contributed by atoms with Crippen LogP contribution in [0.25, 0.3) is 11.1 Å². The highest BCUT2D eigenvalue weighted by molar-refractivity contribution is 6.46. The number of carbonyl (C=O) groups is 2. The number of nitro benzene ring substituents is 1. The zero-order chi connectivity index (χ0) is 23.9. The number of oxime groups is 1. The Morgan fingerprint density at radius 3 is 1.97 bits per heavy atom. The van der Waals surface area contributed by atoms with E-state index in [2.05, 4.69) is 5.16 Å². The molecule has 0 aromatic heterocycles. The van der Waals surface area contributed by atoms with Crippen LogP contribution in [0.15, 0.2) is 84.0 Å². The van der Waals surface area contributed by atoms with Gasteiger partial charge in [-0.15, -0.1) is 0 Å². The fourth-order valence-corrected chi connectivity index (χ4v) is 4.13. The summed E-state index contributed by atoms with van der Waals surface area (Å²) in [5, 5.41) is 14.9. The molecule has 0 aliphatic heterocycles. The van der Waals surface area contributed by atoms with E-state index >= 15 is 0 Å². The summed E-state index contributed by atoms with van der Waals surface area (Å²) in [7, 11) is 0. The average molecular weight is 456 g/mol. The lowest BCUT2D eigenvalue weighted by molar-refractivity contribution is -0.384. The first-order valence-corrected chi connectivity index (χ1v) is 11.3. The van der Waals surface area contributed by atoms with Crippen LogP contribution in [0, 0.1) is 16.0 Å². The minimum Gasteiger partial charge on any atom is -0.312 e. The largest absolute Gasteiger partial charge is 0.365 e. The number of benzene rings is 3. The smallest absolute Gasteiger partial charge is 0.312 e. The van der Waals surface area contributed by atoms with Crippen molar-refractivity contribution in [2.75, 3.05) is 0 Å². The highest BCUT2D eigenvalue weighted by atomic mass is 16.7. The molecule has 7 nitrogen and oxygen atoms in total. The molecule has 1 aliphatic rings. The summed E-state index contributed by atoms with van der Waals surface area (Å²) in [5.41, 5.74) is 2.75. The SMILES string of the molecule is O=C(O/N=C(\C(=O)c1ccc(-c2ccc([N+](=O)[O-])cc2)cc1)C1CCCCC1)c1ccccc1. The van der Waals surface area contributed by atoms with Crippen LogP contribution < -0.4 is 0 Å². The Morgan fingerprint density at radius 1 is 0.794 bits per heavy atom. The van der Waals surface area contributed by atoms with Crippen LogP contribution in [0.4, 0.5) is 5.69 Å².